The van der Waals surface area contributed by atoms with Crippen molar-refractivity contribution in [2.45, 2.75) is 127 Å². The van der Waals surface area contributed by atoms with E-state index >= 15 is 0 Å². The topological polar surface area (TPSA) is 61.6 Å². The number of nitrogens with zero attached hydrogens (tertiary/aromatic N) is 4. The van der Waals surface area contributed by atoms with Crippen LogP contribution in [0, 0.1) is 17.8 Å². The molecule has 6 nitrogen and oxygen atoms in total. The smallest absolute Gasteiger partial charge is 0.317 e. The number of imidazole rings is 1. The molecule has 0 radical (unpaired) electrons. The highest BCUT2D eigenvalue weighted by molar-refractivity contribution is 5.76. The minimum absolute atomic E-state index is 0.0963. The van der Waals surface area contributed by atoms with Crippen molar-refractivity contribution in [3.8, 4) is 0 Å². The molecular formula is C33H48N4O2. The lowest BCUT2D eigenvalue weighted by atomic mass is 9.71. The maximum Gasteiger partial charge on any atom is 0.317 e. The van der Waals surface area contributed by atoms with E-state index in [2.05, 4.69) is 45.6 Å². The molecule has 5 fully saturated rings. The Kier molecular flexibility index (Phi) is 7.21. The van der Waals surface area contributed by atoms with Crippen LogP contribution in [0.15, 0.2) is 24.3 Å². The molecule has 2 aromatic rings. The van der Waals surface area contributed by atoms with Gasteiger partial charge in [0.15, 0.2) is 0 Å². The quantitative estimate of drug-likeness (QED) is 0.458. The second-order valence-corrected chi connectivity index (χ2v) is 13.9. The maximum atomic E-state index is 11.8. The van der Waals surface area contributed by atoms with Gasteiger partial charge in [0, 0.05) is 24.2 Å². The van der Waals surface area contributed by atoms with Crippen LogP contribution in [0.3, 0.4) is 0 Å². The van der Waals surface area contributed by atoms with E-state index in [0.717, 1.165) is 60.9 Å². The summed E-state index contributed by atoms with van der Waals surface area (Å²) in [5.74, 6) is 3.06. The molecule has 3 saturated heterocycles. The fraction of sp³-hybridized carbons (Fsp3) is 0.758. The van der Waals surface area contributed by atoms with E-state index in [4.69, 9.17) is 4.98 Å². The standard InChI is InChI=1S/C33H48N4O2/c1-22-13-14-25-19-27(20-31(22)36(25)26-17-23-8-2-3-9-24(16-23)18-26)37-29-11-5-4-10-28(29)34-33(37)30-12-6-7-15-35(30)21-32(38)39/h4-5,10-11,22-27,30-31H,2-3,6-9,12-21H2,1H3,(H,38,39)/t22-,23-,24+,25+,26?,27-,30+,31+/m1/s1. The molecule has 3 aliphatic heterocycles. The molecule has 0 amide bonds. The SMILES string of the molecule is C[C@@H]1CC[C@H]2C[C@@H](n3c([C@@H]4CCCCN4CC(=O)O)nc4ccccc43)C[C@@H]1N2C1C[C@H]2CCCC[C@@H](C1)C2. The average Bonchev–Trinajstić information content (AvgIpc) is 3.23. The Balaban J connectivity index is 1.22. The number of hydrogen-bond acceptors (Lipinski definition) is 4. The van der Waals surface area contributed by atoms with Crippen LogP contribution in [0.4, 0.5) is 0 Å². The van der Waals surface area contributed by atoms with Crippen molar-refractivity contribution in [2.75, 3.05) is 13.1 Å². The number of aliphatic carboxylic acids is 1. The van der Waals surface area contributed by atoms with Gasteiger partial charge in [-0.25, -0.2) is 4.98 Å². The van der Waals surface area contributed by atoms with Crippen molar-refractivity contribution in [3.05, 3.63) is 30.1 Å². The van der Waals surface area contributed by atoms with Gasteiger partial charge in [0.2, 0.25) is 0 Å². The predicted octanol–water partition coefficient (Wildman–Crippen LogP) is 6.81. The van der Waals surface area contributed by atoms with E-state index in [9.17, 15) is 9.90 Å². The number of carboxylic acids is 1. The van der Waals surface area contributed by atoms with Gasteiger partial charge in [-0.1, -0.05) is 51.2 Å². The Morgan fingerprint density at radius 3 is 2.44 bits per heavy atom. The maximum absolute atomic E-state index is 11.8. The van der Waals surface area contributed by atoms with E-state index < -0.39 is 5.97 Å². The third-order valence-electron chi connectivity index (χ3n) is 11.5. The number of rotatable bonds is 5. The Labute approximate surface area is 234 Å². The largest absolute Gasteiger partial charge is 0.480 e. The van der Waals surface area contributed by atoms with Crippen LogP contribution < -0.4 is 0 Å². The van der Waals surface area contributed by atoms with Gasteiger partial charge in [0.25, 0.3) is 0 Å². The predicted molar refractivity (Wildman–Crippen MR) is 155 cm³/mol. The number of fused-ring (bicyclic) bond motifs is 5. The van der Waals surface area contributed by atoms with E-state index in [0.29, 0.717) is 18.1 Å². The molecule has 2 aliphatic carbocycles. The van der Waals surface area contributed by atoms with Gasteiger partial charge < -0.3 is 9.67 Å². The van der Waals surface area contributed by atoms with Gasteiger partial charge in [0.05, 0.1) is 23.6 Å². The van der Waals surface area contributed by atoms with Crippen LogP contribution >= 0.6 is 0 Å². The molecule has 1 aromatic heterocycles. The number of aromatic nitrogens is 2. The fourth-order valence-corrected chi connectivity index (χ4v) is 9.86. The lowest BCUT2D eigenvalue weighted by Crippen LogP contribution is -2.60. The highest BCUT2D eigenvalue weighted by atomic mass is 16.4. The number of para-hydroxylation sites is 2. The summed E-state index contributed by atoms with van der Waals surface area (Å²) in [6.07, 6.45) is 18.6. The van der Waals surface area contributed by atoms with Crippen LogP contribution in [0.1, 0.15) is 115 Å². The van der Waals surface area contributed by atoms with Gasteiger partial charge in [-0.3, -0.25) is 14.6 Å². The molecule has 6 heteroatoms. The van der Waals surface area contributed by atoms with Crippen LogP contribution in [0.25, 0.3) is 11.0 Å². The molecule has 5 aliphatic rings. The summed E-state index contributed by atoms with van der Waals surface area (Å²) in [5.41, 5.74) is 2.33. The molecule has 4 heterocycles. The average molecular weight is 533 g/mol. The third-order valence-corrected chi connectivity index (χ3v) is 11.5. The van der Waals surface area contributed by atoms with Gasteiger partial charge in [-0.2, -0.15) is 0 Å². The summed E-state index contributed by atoms with van der Waals surface area (Å²) >= 11 is 0. The summed E-state index contributed by atoms with van der Waals surface area (Å²) in [4.78, 5) is 22.3. The lowest BCUT2D eigenvalue weighted by molar-refractivity contribution is -0.139. The van der Waals surface area contributed by atoms with E-state index in [-0.39, 0.29) is 12.6 Å². The molecular weight excluding hydrogens is 484 g/mol. The zero-order valence-corrected chi connectivity index (χ0v) is 23.9. The number of carboxylic acid groups (broad SMARTS) is 1. The number of carbonyl (C=O) groups is 1. The Morgan fingerprint density at radius 1 is 0.872 bits per heavy atom. The number of piperidine rings is 3. The minimum Gasteiger partial charge on any atom is -0.480 e. The molecule has 1 unspecified atom stereocenters. The second kappa shape index (κ2) is 10.8. The first-order valence-electron chi connectivity index (χ1n) is 16.2. The zero-order chi connectivity index (χ0) is 26.5. The molecule has 1 N–H and O–H groups in total. The Hall–Kier alpha value is -1.92. The van der Waals surface area contributed by atoms with Crippen molar-refractivity contribution in [1.82, 2.24) is 19.4 Å². The van der Waals surface area contributed by atoms with Crippen LogP contribution in [-0.2, 0) is 4.79 Å². The highest BCUT2D eigenvalue weighted by Gasteiger charge is 2.48. The fourth-order valence-electron chi connectivity index (χ4n) is 9.86. The molecule has 2 saturated carbocycles. The highest BCUT2D eigenvalue weighted by Crippen LogP contribution is 2.49. The summed E-state index contributed by atoms with van der Waals surface area (Å²) in [5, 5.41) is 9.68. The summed E-state index contributed by atoms with van der Waals surface area (Å²) in [6, 6.07) is 11.3. The molecule has 0 spiro atoms. The summed E-state index contributed by atoms with van der Waals surface area (Å²) < 4.78 is 2.61. The molecule has 8 atom stereocenters. The van der Waals surface area contributed by atoms with Crippen molar-refractivity contribution < 1.29 is 9.90 Å². The van der Waals surface area contributed by atoms with E-state index in [1.807, 2.05) is 0 Å². The zero-order valence-electron chi connectivity index (χ0n) is 23.9. The number of benzene rings is 1. The van der Waals surface area contributed by atoms with E-state index in [1.54, 1.807) is 0 Å². The molecule has 7 rings (SSSR count). The first kappa shape index (κ1) is 26.0. The van der Waals surface area contributed by atoms with Gasteiger partial charge in [0.1, 0.15) is 5.82 Å². The summed E-state index contributed by atoms with van der Waals surface area (Å²) in [7, 11) is 0. The molecule has 1 aromatic carbocycles. The van der Waals surface area contributed by atoms with Gasteiger partial charge in [-0.05, 0) is 94.2 Å². The number of likely N-dealkylation sites (tertiary alicyclic amines) is 1. The normalized spacial score (nSPS) is 38.0. The Bertz CT molecular complexity index is 1160. The van der Waals surface area contributed by atoms with E-state index in [1.165, 1.54) is 76.1 Å². The van der Waals surface area contributed by atoms with Gasteiger partial charge in [-0.15, -0.1) is 0 Å². The molecule has 212 valence electrons. The molecule has 4 bridgehead atoms. The van der Waals surface area contributed by atoms with Crippen molar-refractivity contribution in [1.29, 1.82) is 0 Å². The van der Waals surface area contributed by atoms with Crippen molar-refractivity contribution in [3.63, 3.8) is 0 Å². The minimum atomic E-state index is -0.728. The second-order valence-electron chi connectivity index (χ2n) is 13.9. The van der Waals surface area contributed by atoms with Crippen molar-refractivity contribution >= 4 is 17.0 Å². The van der Waals surface area contributed by atoms with Crippen molar-refractivity contribution in [2.24, 2.45) is 17.8 Å². The summed E-state index contributed by atoms with van der Waals surface area (Å²) in [6.45, 7) is 3.48. The van der Waals surface area contributed by atoms with Crippen LogP contribution in [0.5, 0.6) is 0 Å². The lowest BCUT2D eigenvalue weighted by Gasteiger charge is -2.57. The third kappa shape index (κ3) is 4.94. The van der Waals surface area contributed by atoms with Gasteiger partial charge >= 0.3 is 5.97 Å². The molecule has 39 heavy (non-hydrogen) atoms. The van der Waals surface area contributed by atoms with Crippen LogP contribution in [0.2, 0.25) is 0 Å². The Morgan fingerprint density at radius 2 is 1.64 bits per heavy atom. The monoisotopic (exact) mass is 532 g/mol. The first-order chi connectivity index (χ1) is 19.0. The first-order valence-corrected chi connectivity index (χ1v) is 16.2. The van der Waals surface area contributed by atoms with Crippen LogP contribution in [-0.4, -0.2) is 61.6 Å². The number of hydrogen-bond donors (Lipinski definition) is 1.